The minimum atomic E-state index is -3.76. The molecule has 0 unspecified atom stereocenters. The Balaban J connectivity index is 1.77. The molecule has 7 heteroatoms. The van der Waals surface area contributed by atoms with Crippen LogP contribution in [-0.2, 0) is 27.7 Å². The Morgan fingerprint density at radius 2 is 1.72 bits per heavy atom. The molecule has 3 rings (SSSR count). The lowest BCUT2D eigenvalue weighted by molar-refractivity contribution is -0.120. The summed E-state index contributed by atoms with van der Waals surface area (Å²) in [6, 6.07) is 10.8. The molecule has 1 heterocycles. The molecule has 1 saturated heterocycles. The van der Waals surface area contributed by atoms with Gasteiger partial charge in [-0.05, 0) is 61.1 Å². The number of amides is 1. The van der Waals surface area contributed by atoms with Crippen LogP contribution in [0.25, 0.3) is 0 Å². The first-order valence-electron chi connectivity index (χ1n) is 10.0. The van der Waals surface area contributed by atoms with Gasteiger partial charge in [0.05, 0.1) is 10.8 Å². The van der Waals surface area contributed by atoms with Crippen molar-refractivity contribution in [2.24, 2.45) is 5.92 Å². The number of benzene rings is 2. The van der Waals surface area contributed by atoms with Crippen molar-refractivity contribution in [1.29, 1.82) is 0 Å². The van der Waals surface area contributed by atoms with Crippen LogP contribution >= 0.6 is 0 Å². The van der Waals surface area contributed by atoms with Crippen LogP contribution in [0.1, 0.15) is 37.8 Å². The number of nitrogens with one attached hydrogen (secondary N) is 1. The number of anilines is 1. The van der Waals surface area contributed by atoms with E-state index in [0.29, 0.717) is 19.4 Å². The van der Waals surface area contributed by atoms with Crippen molar-refractivity contribution in [3.8, 4) is 0 Å². The highest BCUT2D eigenvalue weighted by Gasteiger charge is 2.33. The zero-order valence-electron chi connectivity index (χ0n) is 16.8. The molecular formula is C22H27FN2O3S. The van der Waals surface area contributed by atoms with Crippen LogP contribution < -0.4 is 5.32 Å². The second-order valence-electron chi connectivity index (χ2n) is 7.30. The number of rotatable bonds is 6. The van der Waals surface area contributed by atoms with Crippen molar-refractivity contribution < 1.29 is 17.6 Å². The smallest absolute Gasteiger partial charge is 0.243 e. The van der Waals surface area contributed by atoms with E-state index >= 15 is 0 Å². The number of hydrogen-bond acceptors (Lipinski definition) is 3. The second kappa shape index (κ2) is 9.05. The van der Waals surface area contributed by atoms with Gasteiger partial charge in [-0.1, -0.05) is 32.0 Å². The van der Waals surface area contributed by atoms with Crippen molar-refractivity contribution in [2.75, 3.05) is 18.4 Å². The van der Waals surface area contributed by atoms with E-state index in [1.165, 1.54) is 16.4 Å². The van der Waals surface area contributed by atoms with E-state index in [-0.39, 0.29) is 17.3 Å². The largest absolute Gasteiger partial charge is 0.325 e. The van der Waals surface area contributed by atoms with E-state index in [9.17, 15) is 17.6 Å². The van der Waals surface area contributed by atoms with Crippen LogP contribution in [0.2, 0.25) is 0 Å². The molecule has 0 aliphatic carbocycles. The Kier molecular flexibility index (Phi) is 6.70. The quantitative estimate of drug-likeness (QED) is 0.771. The summed E-state index contributed by atoms with van der Waals surface area (Å²) < 4.78 is 40.3. The summed E-state index contributed by atoms with van der Waals surface area (Å²) in [5.41, 5.74) is 3.00. The molecule has 0 spiro atoms. The van der Waals surface area contributed by atoms with E-state index in [0.717, 1.165) is 41.8 Å². The van der Waals surface area contributed by atoms with Gasteiger partial charge in [0.25, 0.3) is 0 Å². The van der Waals surface area contributed by atoms with Crippen molar-refractivity contribution in [2.45, 2.75) is 44.4 Å². The third kappa shape index (κ3) is 4.67. The van der Waals surface area contributed by atoms with E-state index in [4.69, 9.17) is 0 Å². The van der Waals surface area contributed by atoms with Gasteiger partial charge in [-0.3, -0.25) is 4.79 Å². The first-order chi connectivity index (χ1) is 13.9. The van der Waals surface area contributed by atoms with Crippen LogP contribution in [0, 0.1) is 11.7 Å². The van der Waals surface area contributed by atoms with Crippen LogP contribution in [-0.4, -0.2) is 31.7 Å². The van der Waals surface area contributed by atoms with Crippen molar-refractivity contribution in [3.05, 3.63) is 59.4 Å². The summed E-state index contributed by atoms with van der Waals surface area (Å²) in [6.07, 6.45) is 2.85. The number of piperidine rings is 1. The van der Waals surface area contributed by atoms with Gasteiger partial charge in [-0.15, -0.1) is 0 Å². The molecule has 0 aromatic heterocycles. The fraction of sp³-hybridized carbons (Fsp3) is 0.409. The lowest BCUT2D eigenvalue weighted by Gasteiger charge is -2.31. The fourth-order valence-corrected chi connectivity index (χ4v) is 5.28. The van der Waals surface area contributed by atoms with E-state index in [1.807, 2.05) is 32.0 Å². The predicted octanol–water partition coefficient (Wildman–Crippen LogP) is 3.99. The van der Waals surface area contributed by atoms with Crippen molar-refractivity contribution in [1.82, 2.24) is 4.31 Å². The van der Waals surface area contributed by atoms with Gasteiger partial charge in [0.2, 0.25) is 15.9 Å². The van der Waals surface area contributed by atoms with Crippen molar-refractivity contribution >= 4 is 21.6 Å². The minimum Gasteiger partial charge on any atom is -0.325 e. The van der Waals surface area contributed by atoms with E-state index < -0.39 is 21.8 Å². The number of carbonyl (C=O) groups is 1. The lowest BCUT2D eigenvalue weighted by atomic mass is 9.97. The van der Waals surface area contributed by atoms with E-state index in [1.54, 1.807) is 0 Å². The first-order valence-corrected chi connectivity index (χ1v) is 11.5. The molecule has 0 bridgehead atoms. The Bertz CT molecular complexity index is 952. The van der Waals surface area contributed by atoms with Crippen molar-refractivity contribution in [3.63, 3.8) is 0 Å². The summed E-state index contributed by atoms with van der Waals surface area (Å²) >= 11 is 0. The summed E-state index contributed by atoms with van der Waals surface area (Å²) in [4.78, 5) is 13.0. The number of carbonyl (C=O) groups excluding carboxylic acids is 1. The van der Waals surface area contributed by atoms with Gasteiger partial charge in [-0.2, -0.15) is 4.31 Å². The van der Waals surface area contributed by atoms with Gasteiger partial charge in [-0.25, -0.2) is 12.8 Å². The summed E-state index contributed by atoms with van der Waals surface area (Å²) in [5.74, 6) is -1.06. The average Bonchev–Trinajstić information content (AvgIpc) is 2.74. The van der Waals surface area contributed by atoms with Gasteiger partial charge in [0.1, 0.15) is 5.82 Å². The minimum absolute atomic E-state index is 0.0459. The highest BCUT2D eigenvalue weighted by molar-refractivity contribution is 7.89. The maximum absolute atomic E-state index is 13.2. The number of para-hydroxylation sites is 1. The molecule has 1 atom stereocenters. The van der Waals surface area contributed by atoms with E-state index in [2.05, 4.69) is 5.32 Å². The highest BCUT2D eigenvalue weighted by Crippen LogP contribution is 2.27. The monoisotopic (exact) mass is 418 g/mol. The van der Waals surface area contributed by atoms with Crippen LogP contribution in [0.3, 0.4) is 0 Å². The number of aryl methyl sites for hydroxylation is 2. The Hall–Kier alpha value is -2.25. The Labute approximate surface area is 172 Å². The van der Waals surface area contributed by atoms with Gasteiger partial charge in [0, 0.05) is 18.8 Å². The molecule has 0 saturated carbocycles. The maximum Gasteiger partial charge on any atom is 0.243 e. The zero-order chi connectivity index (χ0) is 21.0. The summed E-state index contributed by atoms with van der Waals surface area (Å²) in [7, 11) is -3.76. The van der Waals surface area contributed by atoms with Gasteiger partial charge in [0.15, 0.2) is 0 Å². The summed E-state index contributed by atoms with van der Waals surface area (Å²) in [5, 5.41) is 3.06. The van der Waals surface area contributed by atoms with Crippen LogP contribution in [0.5, 0.6) is 0 Å². The molecular weight excluding hydrogens is 391 g/mol. The fourth-order valence-electron chi connectivity index (χ4n) is 3.76. The molecule has 0 radical (unpaired) electrons. The molecule has 1 fully saturated rings. The van der Waals surface area contributed by atoms with Gasteiger partial charge >= 0.3 is 0 Å². The standard InChI is InChI=1S/C22H27FN2O3S/c1-3-16-7-5-8-17(4-2)21(16)24-22(26)18-9-6-14-25(15-18)29(27,28)20-12-10-19(23)11-13-20/h5,7-8,10-13,18H,3-4,6,9,14-15H2,1-2H3,(H,24,26)/t18-/m0/s1. The molecule has 29 heavy (non-hydrogen) atoms. The predicted molar refractivity (Wildman–Crippen MR) is 112 cm³/mol. The average molecular weight is 419 g/mol. The SMILES string of the molecule is CCc1cccc(CC)c1NC(=O)[C@H]1CCCN(S(=O)(=O)c2ccc(F)cc2)C1. The number of halogens is 1. The Morgan fingerprint density at radius 1 is 1.10 bits per heavy atom. The third-order valence-corrected chi connectivity index (χ3v) is 7.33. The third-order valence-electron chi connectivity index (χ3n) is 5.45. The first kappa shape index (κ1) is 21.5. The molecule has 1 aliphatic rings. The molecule has 1 aliphatic heterocycles. The normalized spacial score (nSPS) is 17.8. The van der Waals surface area contributed by atoms with Gasteiger partial charge < -0.3 is 5.32 Å². The summed E-state index contributed by atoms with van der Waals surface area (Å²) in [6.45, 7) is 4.57. The number of sulfonamides is 1. The molecule has 1 amide bonds. The highest BCUT2D eigenvalue weighted by atomic mass is 32.2. The molecule has 2 aromatic carbocycles. The molecule has 156 valence electrons. The topological polar surface area (TPSA) is 66.5 Å². The molecule has 2 aromatic rings. The molecule has 5 nitrogen and oxygen atoms in total. The lowest BCUT2D eigenvalue weighted by Crippen LogP contribution is -2.43. The Morgan fingerprint density at radius 3 is 2.31 bits per heavy atom. The number of hydrogen-bond donors (Lipinski definition) is 1. The zero-order valence-corrected chi connectivity index (χ0v) is 17.6. The van der Waals surface area contributed by atoms with Crippen LogP contribution in [0.4, 0.5) is 10.1 Å². The van der Waals surface area contributed by atoms with Crippen LogP contribution in [0.15, 0.2) is 47.4 Å². The number of nitrogens with zero attached hydrogens (tertiary/aromatic N) is 1. The second-order valence-corrected chi connectivity index (χ2v) is 9.24. The molecule has 1 N–H and O–H groups in total. The maximum atomic E-state index is 13.2.